The molecule has 0 fully saturated rings. The van der Waals surface area contributed by atoms with Crippen LogP contribution in [0.4, 0.5) is 5.69 Å². The van der Waals surface area contributed by atoms with Crippen molar-refractivity contribution >= 4 is 55.9 Å². The minimum atomic E-state index is -3.72. The molecule has 0 aliphatic rings. The molecule has 3 N–H and O–H groups in total. The maximum atomic E-state index is 12.2. The number of nitrogens with one attached hydrogen (secondary N) is 2. The zero-order chi connectivity index (χ0) is 19.4. The second-order valence-electron chi connectivity index (χ2n) is 5.48. The number of phenols is 1. The third-order valence-corrected chi connectivity index (χ3v) is 7.61. The van der Waals surface area contributed by atoms with Gasteiger partial charge in [0, 0.05) is 17.5 Å². The molecule has 27 heavy (non-hydrogen) atoms. The van der Waals surface area contributed by atoms with Gasteiger partial charge in [0.1, 0.15) is 9.96 Å². The van der Waals surface area contributed by atoms with Gasteiger partial charge < -0.3 is 10.4 Å². The van der Waals surface area contributed by atoms with Crippen molar-refractivity contribution in [2.45, 2.75) is 10.6 Å². The predicted octanol–water partition coefficient (Wildman–Crippen LogP) is 3.94. The minimum absolute atomic E-state index is 0.0679. The first-order valence-corrected chi connectivity index (χ1v) is 11.3. The Morgan fingerprint density at radius 1 is 1.19 bits per heavy atom. The lowest BCUT2D eigenvalue weighted by atomic mass is 10.1. The lowest BCUT2D eigenvalue weighted by Gasteiger charge is -2.10. The van der Waals surface area contributed by atoms with E-state index in [2.05, 4.69) is 10.0 Å². The van der Waals surface area contributed by atoms with Gasteiger partial charge in [-0.05, 0) is 42.1 Å². The molecule has 0 atom stereocenters. The van der Waals surface area contributed by atoms with E-state index in [9.17, 15) is 18.3 Å². The minimum Gasteiger partial charge on any atom is -0.507 e. The Bertz CT molecular complexity index is 1050. The zero-order valence-corrected chi connectivity index (χ0v) is 17.0. The van der Waals surface area contributed by atoms with E-state index in [1.54, 1.807) is 17.5 Å². The fourth-order valence-electron chi connectivity index (χ4n) is 2.29. The normalized spacial score (nSPS) is 11.3. The summed E-state index contributed by atoms with van der Waals surface area (Å²) in [5.74, 6) is -0.749. The Morgan fingerprint density at radius 2 is 2.00 bits per heavy atom. The number of sulfonamides is 1. The summed E-state index contributed by atoms with van der Waals surface area (Å²) in [6.07, 6.45) is 0.628. The van der Waals surface area contributed by atoms with Crippen LogP contribution in [0.25, 0.3) is 0 Å². The van der Waals surface area contributed by atoms with Crippen LogP contribution in [0, 0.1) is 0 Å². The molecule has 0 aliphatic heterocycles. The number of halogens is 1. The molecule has 6 nitrogen and oxygen atoms in total. The molecule has 142 valence electrons. The number of rotatable bonds is 7. The molecular weight excluding hydrogens is 428 g/mol. The van der Waals surface area contributed by atoms with Crippen LogP contribution in [-0.4, -0.2) is 26.0 Å². The highest BCUT2D eigenvalue weighted by atomic mass is 35.5. The first-order chi connectivity index (χ1) is 12.8. The lowest BCUT2D eigenvalue weighted by molar-refractivity contribution is 0.0951. The van der Waals surface area contributed by atoms with Gasteiger partial charge in [-0.15, -0.1) is 22.7 Å². The van der Waals surface area contributed by atoms with Crippen molar-refractivity contribution in [3.8, 4) is 5.75 Å². The van der Waals surface area contributed by atoms with Gasteiger partial charge in [-0.3, -0.25) is 9.52 Å². The maximum absolute atomic E-state index is 12.2. The molecule has 0 bridgehead atoms. The summed E-state index contributed by atoms with van der Waals surface area (Å²) < 4.78 is 27.6. The fourth-order valence-corrected chi connectivity index (χ4v) is 5.42. The molecule has 2 heterocycles. The van der Waals surface area contributed by atoms with Crippen molar-refractivity contribution < 1.29 is 18.3 Å². The molecule has 1 aromatic carbocycles. The number of amides is 1. The molecule has 0 saturated carbocycles. The first kappa shape index (κ1) is 19.7. The Hall–Kier alpha value is -2.07. The quantitative estimate of drug-likeness (QED) is 0.516. The molecular formula is C17H15ClN2O4S3. The SMILES string of the molecule is O=C(NCCc1ccc(Cl)s1)c1ccc(NS(=O)(=O)c2cccs2)cc1O. The Morgan fingerprint density at radius 3 is 2.63 bits per heavy atom. The molecule has 0 unspecified atom stereocenters. The summed E-state index contributed by atoms with van der Waals surface area (Å²) in [5.41, 5.74) is 0.240. The standard InChI is InChI=1S/C17H15ClN2O4S3/c18-15-6-4-12(26-15)7-8-19-17(22)13-5-3-11(10-14(13)21)20-27(23,24)16-2-1-9-25-16/h1-6,9-10,20-21H,7-8H2,(H,19,22). The number of aromatic hydroxyl groups is 1. The average molecular weight is 443 g/mol. The van der Waals surface area contributed by atoms with E-state index in [1.165, 1.54) is 35.6 Å². The van der Waals surface area contributed by atoms with Crippen molar-refractivity contribution in [2.75, 3.05) is 11.3 Å². The second-order valence-corrected chi connectivity index (χ2v) is 10.1. The van der Waals surface area contributed by atoms with E-state index < -0.39 is 15.9 Å². The number of phenolic OH excluding ortho intramolecular Hbond substituents is 1. The van der Waals surface area contributed by atoms with Crippen LogP contribution in [0.3, 0.4) is 0 Å². The van der Waals surface area contributed by atoms with Gasteiger partial charge in [-0.1, -0.05) is 17.7 Å². The Labute approximate surface area is 169 Å². The molecule has 0 saturated heterocycles. The van der Waals surface area contributed by atoms with Crippen LogP contribution in [0.2, 0.25) is 4.34 Å². The van der Waals surface area contributed by atoms with Crippen molar-refractivity contribution in [1.29, 1.82) is 0 Å². The van der Waals surface area contributed by atoms with Gasteiger partial charge in [0.15, 0.2) is 0 Å². The molecule has 3 aromatic rings. The third-order valence-electron chi connectivity index (χ3n) is 3.54. The van der Waals surface area contributed by atoms with E-state index in [0.717, 1.165) is 16.2 Å². The number of carbonyl (C=O) groups is 1. The first-order valence-electron chi connectivity index (χ1n) is 7.77. The highest BCUT2D eigenvalue weighted by molar-refractivity contribution is 7.94. The number of anilines is 1. The van der Waals surface area contributed by atoms with Crippen LogP contribution >= 0.6 is 34.3 Å². The summed E-state index contributed by atoms with van der Waals surface area (Å²) >= 11 is 8.39. The summed E-state index contributed by atoms with van der Waals surface area (Å²) in [6.45, 7) is 0.391. The molecule has 2 aromatic heterocycles. The largest absolute Gasteiger partial charge is 0.507 e. The molecule has 0 spiro atoms. The van der Waals surface area contributed by atoms with E-state index >= 15 is 0 Å². The van der Waals surface area contributed by atoms with E-state index in [1.807, 2.05) is 6.07 Å². The van der Waals surface area contributed by atoms with Crippen LogP contribution in [0.1, 0.15) is 15.2 Å². The van der Waals surface area contributed by atoms with Gasteiger partial charge in [-0.25, -0.2) is 8.42 Å². The summed E-state index contributed by atoms with van der Waals surface area (Å²) in [7, 11) is -3.72. The van der Waals surface area contributed by atoms with Crippen LogP contribution in [-0.2, 0) is 16.4 Å². The zero-order valence-electron chi connectivity index (χ0n) is 13.8. The Kier molecular flexibility index (Phi) is 6.05. The third kappa shape index (κ3) is 5.01. The van der Waals surface area contributed by atoms with Crippen molar-refractivity contribution in [2.24, 2.45) is 0 Å². The number of carbonyl (C=O) groups excluding carboxylic acids is 1. The molecule has 0 aliphatic carbocycles. The van der Waals surface area contributed by atoms with Gasteiger partial charge in [0.2, 0.25) is 0 Å². The topological polar surface area (TPSA) is 95.5 Å². The van der Waals surface area contributed by atoms with Gasteiger partial charge >= 0.3 is 0 Å². The van der Waals surface area contributed by atoms with Crippen molar-refractivity contribution in [1.82, 2.24) is 5.32 Å². The maximum Gasteiger partial charge on any atom is 0.271 e. The number of benzene rings is 1. The molecule has 0 radical (unpaired) electrons. The van der Waals surface area contributed by atoms with E-state index in [-0.39, 0.29) is 21.2 Å². The van der Waals surface area contributed by atoms with Crippen LogP contribution in [0.5, 0.6) is 5.75 Å². The number of thiophene rings is 2. The Balaban J connectivity index is 1.63. The number of hydrogen-bond acceptors (Lipinski definition) is 6. The van der Waals surface area contributed by atoms with Crippen LogP contribution in [0.15, 0.2) is 52.1 Å². The highest BCUT2D eigenvalue weighted by Crippen LogP contribution is 2.26. The summed E-state index contributed by atoms with van der Waals surface area (Å²) in [4.78, 5) is 13.3. The van der Waals surface area contributed by atoms with Crippen molar-refractivity contribution in [3.05, 3.63) is 62.6 Å². The monoisotopic (exact) mass is 442 g/mol. The van der Waals surface area contributed by atoms with Gasteiger partial charge in [0.25, 0.3) is 15.9 Å². The summed E-state index contributed by atoms with van der Waals surface area (Å²) in [5, 5.41) is 14.5. The van der Waals surface area contributed by atoms with Gasteiger partial charge in [0.05, 0.1) is 15.6 Å². The summed E-state index contributed by atoms with van der Waals surface area (Å²) in [6, 6.07) is 10.8. The highest BCUT2D eigenvalue weighted by Gasteiger charge is 2.17. The smallest absolute Gasteiger partial charge is 0.271 e. The second kappa shape index (κ2) is 8.30. The lowest BCUT2D eigenvalue weighted by Crippen LogP contribution is -2.25. The van der Waals surface area contributed by atoms with Gasteiger partial charge in [-0.2, -0.15) is 0 Å². The average Bonchev–Trinajstić information content (AvgIpc) is 3.26. The molecule has 3 rings (SSSR count). The van der Waals surface area contributed by atoms with E-state index in [4.69, 9.17) is 11.6 Å². The van der Waals surface area contributed by atoms with E-state index in [0.29, 0.717) is 17.3 Å². The fraction of sp³-hybridized carbons (Fsp3) is 0.118. The predicted molar refractivity (Wildman–Crippen MR) is 109 cm³/mol. The molecule has 1 amide bonds. The molecule has 10 heteroatoms. The van der Waals surface area contributed by atoms with Crippen molar-refractivity contribution in [3.63, 3.8) is 0 Å². The van der Waals surface area contributed by atoms with Crippen LogP contribution < -0.4 is 10.0 Å². The number of hydrogen-bond donors (Lipinski definition) is 3.